The number of aromatic nitrogens is 1. The largest absolute Gasteiger partial charge is 0.419 e. The highest BCUT2D eigenvalue weighted by Crippen LogP contribution is 2.35. The van der Waals surface area contributed by atoms with Crippen molar-refractivity contribution in [2.75, 3.05) is 25.0 Å². The fourth-order valence-corrected chi connectivity index (χ4v) is 2.73. The first-order valence-corrected chi connectivity index (χ1v) is 8.00. The van der Waals surface area contributed by atoms with Crippen molar-refractivity contribution in [2.45, 2.75) is 38.3 Å². The minimum atomic E-state index is -4.49. The van der Waals surface area contributed by atoms with Gasteiger partial charge in [0.25, 0.3) is 0 Å². The number of likely N-dealkylation sites (tertiary alicyclic amines) is 1. The standard InChI is InChI=1S/C15H19ClF3N3O/c16-13-9-12(11(10-21-13)15(17,18)19)20-6-4-8-22-7-3-1-2-5-14(22)23/h9-10H,1-8H2,(H,20,21). The van der Waals surface area contributed by atoms with Gasteiger partial charge in [-0.25, -0.2) is 4.98 Å². The molecule has 0 unspecified atom stereocenters. The SMILES string of the molecule is O=C1CCCCCN1CCCNc1cc(Cl)ncc1C(F)(F)F. The summed E-state index contributed by atoms with van der Waals surface area (Å²) >= 11 is 5.67. The molecule has 0 radical (unpaired) electrons. The van der Waals surface area contributed by atoms with Crippen LogP contribution < -0.4 is 5.32 Å². The van der Waals surface area contributed by atoms with Crippen molar-refractivity contribution in [3.63, 3.8) is 0 Å². The van der Waals surface area contributed by atoms with Crippen molar-refractivity contribution < 1.29 is 18.0 Å². The van der Waals surface area contributed by atoms with Gasteiger partial charge in [-0.05, 0) is 25.3 Å². The normalized spacial score (nSPS) is 16.3. The van der Waals surface area contributed by atoms with Crippen LogP contribution >= 0.6 is 11.6 Å². The van der Waals surface area contributed by atoms with Gasteiger partial charge in [-0.1, -0.05) is 18.0 Å². The van der Waals surface area contributed by atoms with Gasteiger partial charge >= 0.3 is 6.18 Å². The third-order valence-electron chi connectivity index (χ3n) is 3.77. The lowest BCUT2D eigenvalue weighted by Gasteiger charge is -2.21. The topological polar surface area (TPSA) is 45.2 Å². The molecule has 2 heterocycles. The third-order valence-corrected chi connectivity index (χ3v) is 3.97. The molecule has 1 fully saturated rings. The Hall–Kier alpha value is -1.50. The van der Waals surface area contributed by atoms with Crippen LogP contribution in [0.15, 0.2) is 12.3 Å². The van der Waals surface area contributed by atoms with Gasteiger partial charge in [0.15, 0.2) is 0 Å². The van der Waals surface area contributed by atoms with Crippen LogP contribution in [0.4, 0.5) is 18.9 Å². The predicted molar refractivity (Wildman–Crippen MR) is 82.4 cm³/mol. The number of hydrogen-bond donors (Lipinski definition) is 1. The Kier molecular flexibility index (Phi) is 6.10. The summed E-state index contributed by atoms with van der Waals surface area (Å²) in [4.78, 5) is 17.1. The van der Waals surface area contributed by atoms with E-state index in [2.05, 4.69) is 10.3 Å². The van der Waals surface area contributed by atoms with Crippen molar-refractivity contribution >= 4 is 23.2 Å². The highest BCUT2D eigenvalue weighted by molar-refractivity contribution is 6.29. The van der Waals surface area contributed by atoms with Crippen molar-refractivity contribution in [3.8, 4) is 0 Å². The highest BCUT2D eigenvalue weighted by atomic mass is 35.5. The number of anilines is 1. The molecule has 1 aromatic rings. The van der Waals surface area contributed by atoms with Gasteiger partial charge < -0.3 is 10.2 Å². The van der Waals surface area contributed by atoms with E-state index < -0.39 is 11.7 Å². The number of alkyl halides is 3. The Morgan fingerprint density at radius 1 is 1.30 bits per heavy atom. The number of nitrogens with zero attached hydrogens (tertiary/aromatic N) is 2. The molecule has 128 valence electrons. The second-order valence-corrected chi connectivity index (χ2v) is 5.91. The maximum Gasteiger partial charge on any atom is 0.419 e. The Balaban J connectivity index is 1.89. The predicted octanol–water partition coefficient (Wildman–Crippen LogP) is 3.96. The van der Waals surface area contributed by atoms with E-state index in [0.717, 1.165) is 32.0 Å². The molecule has 0 aromatic carbocycles. The number of pyridine rings is 1. The quantitative estimate of drug-likeness (QED) is 0.646. The minimum Gasteiger partial charge on any atom is -0.384 e. The molecule has 0 saturated carbocycles. The van der Waals surface area contributed by atoms with Crippen LogP contribution in [0, 0.1) is 0 Å². The maximum atomic E-state index is 12.9. The molecule has 4 nitrogen and oxygen atoms in total. The van der Waals surface area contributed by atoms with Crippen molar-refractivity contribution in [1.82, 2.24) is 9.88 Å². The zero-order chi connectivity index (χ0) is 16.9. The molecule has 1 aliphatic rings. The number of rotatable bonds is 5. The van der Waals surface area contributed by atoms with Gasteiger partial charge in [-0.15, -0.1) is 0 Å². The van der Waals surface area contributed by atoms with Crippen LogP contribution in [0.2, 0.25) is 5.15 Å². The number of halogens is 4. The van der Waals surface area contributed by atoms with Crippen LogP contribution in [0.3, 0.4) is 0 Å². The van der Waals surface area contributed by atoms with Crippen molar-refractivity contribution in [1.29, 1.82) is 0 Å². The number of hydrogen-bond acceptors (Lipinski definition) is 3. The summed E-state index contributed by atoms with van der Waals surface area (Å²) < 4.78 is 38.7. The molecule has 1 N–H and O–H groups in total. The molecular weight excluding hydrogens is 331 g/mol. The Morgan fingerprint density at radius 2 is 2.09 bits per heavy atom. The second-order valence-electron chi connectivity index (χ2n) is 5.52. The van der Waals surface area contributed by atoms with Crippen molar-refractivity contribution in [3.05, 3.63) is 23.0 Å². The number of carbonyl (C=O) groups is 1. The summed E-state index contributed by atoms with van der Waals surface area (Å²) in [6.45, 7) is 1.60. The van der Waals surface area contributed by atoms with E-state index in [1.54, 1.807) is 4.90 Å². The van der Waals surface area contributed by atoms with Crippen LogP contribution in [0.1, 0.15) is 37.7 Å². The molecule has 1 amide bonds. The number of amides is 1. The van der Waals surface area contributed by atoms with E-state index in [0.29, 0.717) is 25.9 Å². The fourth-order valence-electron chi connectivity index (χ4n) is 2.57. The Labute approximate surface area is 138 Å². The van der Waals surface area contributed by atoms with E-state index in [-0.39, 0.29) is 16.7 Å². The molecule has 0 atom stereocenters. The molecule has 2 rings (SSSR count). The minimum absolute atomic E-state index is 0.00296. The average Bonchev–Trinajstić information content (AvgIpc) is 2.67. The monoisotopic (exact) mass is 349 g/mol. The molecule has 0 spiro atoms. The Bertz CT molecular complexity index is 551. The van der Waals surface area contributed by atoms with Gasteiger partial charge in [0.2, 0.25) is 5.91 Å². The first-order chi connectivity index (χ1) is 10.9. The molecule has 0 bridgehead atoms. The molecular formula is C15H19ClF3N3O. The first kappa shape index (κ1) is 17.8. The molecule has 1 aromatic heterocycles. The molecule has 8 heteroatoms. The lowest BCUT2D eigenvalue weighted by Crippen LogP contribution is -2.32. The number of nitrogens with one attached hydrogen (secondary N) is 1. The Morgan fingerprint density at radius 3 is 2.83 bits per heavy atom. The lowest BCUT2D eigenvalue weighted by molar-refractivity contribution is -0.137. The summed E-state index contributed by atoms with van der Waals surface area (Å²) in [5.74, 6) is 0.130. The molecule has 1 aliphatic heterocycles. The van der Waals surface area contributed by atoms with E-state index >= 15 is 0 Å². The van der Waals surface area contributed by atoms with Gasteiger partial charge in [-0.3, -0.25) is 4.79 Å². The molecule has 0 aliphatic carbocycles. The van der Waals surface area contributed by atoms with E-state index in [1.807, 2.05) is 0 Å². The van der Waals surface area contributed by atoms with Gasteiger partial charge in [0.05, 0.1) is 11.3 Å². The third kappa shape index (κ3) is 5.27. The zero-order valence-corrected chi connectivity index (χ0v) is 13.4. The number of carbonyl (C=O) groups excluding carboxylic acids is 1. The average molecular weight is 350 g/mol. The van der Waals surface area contributed by atoms with E-state index in [9.17, 15) is 18.0 Å². The zero-order valence-electron chi connectivity index (χ0n) is 12.6. The molecule has 23 heavy (non-hydrogen) atoms. The van der Waals surface area contributed by atoms with Gasteiger partial charge in [-0.2, -0.15) is 13.2 Å². The summed E-state index contributed by atoms with van der Waals surface area (Å²) in [6, 6.07) is 1.17. The molecule has 1 saturated heterocycles. The van der Waals surface area contributed by atoms with Crippen LogP contribution in [-0.2, 0) is 11.0 Å². The summed E-state index contributed by atoms with van der Waals surface area (Å²) in [7, 11) is 0. The summed E-state index contributed by atoms with van der Waals surface area (Å²) in [6.07, 6.45) is 0.318. The second kappa shape index (κ2) is 7.86. The van der Waals surface area contributed by atoms with Crippen molar-refractivity contribution in [2.24, 2.45) is 0 Å². The van der Waals surface area contributed by atoms with E-state index in [4.69, 9.17) is 11.6 Å². The van der Waals surface area contributed by atoms with Crippen LogP contribution in [-0.4, -0.2) is 35.4 Å². The fraction of sp³-hybridized carbons (Fsp3) is 0.600. The van der Waals surface area contributed by atoms with Crippen LogP contribution in [0.5, 0.6) is 0 Å². The summed E-state index contributed by atoms with van der Waals surface area (Å²) in [5.41, 5.74) is -0.924. The first-order valence-electron chi connectivity index (χ1n) is 7.62. The van der Waals surface area contributed by atoms with E-state index in [1.165, 1.54) is 6.07 Å². The smallest absolute Gasteiger partial charge is 0.384 e. The maximum absolute atomic E-state index is 12.9. The van der Waals surface area contributed by atoms with Gasteiger partial charge in [0, 0.05) is 32.3 Å². The lowest BCUT2D eigenvalue weighted by atomic mass is 10.2. The highest BCUT2D eigenvalue weighted by Gasteiger charge is 2.34. The summed E-state index contributed by atoms with van der Waals surface area (Å²) in [5, 5.41) is 2.75. The van der Waals surface area contributed by atoms with Crippen LogP contribution in [0.25, 0.3) is 0 Å². The van der Waals surface area contributed by atoms with Gasteiger partial charge in [0.1, 0.15) is 5.15 Å².